The first-order valence-electron chi connectivity index (χ1n) is 9.07. The van der Waals surface area contributed by atoms with Crippen molar-refractivity contribution in [3.8, 4) is 0 Å². The van der Waals surface area contributed by atoms with Crippen molar-refractivity contribution in [2.24, 2.45) is 5.73 Å². The van der Waals surface area contributed by atoms with Crippen LogP contribution in [-0.4, -0.2) is 24.9 Å². The third-order valence-electron chi connectivity index (χ3n) is 4.93. The quantitative estimate of drug-likeness (QED) is 0.751. The molecule has 5 nitrogen and oxygen atoms in total. The number of quaternary nitrogens is 1. The number of primary amides is 1. The van der Waals surface area contributed by atoms with Gasteiger partial charge in [-0.15, -0.1) is 11.3 Å². The van der Waals surface area contributed by atoms with E-state index in [1.165, 1.54) is 21.1 Å². The first-order valence-corrected chi connectivity index (χ1v) is 9.88. The molecule has 1 aliphatic heterocycles. The van der Waals surface area contributed by atoms with E-state index in [0.29, 0.717) is 16.1 Å². The number of carbonyl (C=O) groups excluding carboxylic acids is 2. The second-order valence-electron chi connectivity index (χ2n) is 7.02. The van der Waals surface area contributed by atoms with E-state index in [4.69, 9.17) is 5.73 Å². The minimum atomic E-state index is -0.461. The van der Waals surface area contributed by atoms with Crippen molar-refractivity contribution in [1.82, 2.24) is 0 Å². The van der Waals surface area contributed by atoms with Crippen molar-refractivity contribution in [2.75, 3.05) is 18.4 Å². The molecule has 1 atom stereocenters. The smallest absolute Gasteiger partial charge is 0.256 e. The summed E-state index contributed by atoms with van der Waals surface area (Å²) < 4.78 is 0. The molecule has 2 aromatic rings. The molecule has 0 spiro atoms. The molecule has 2 heterocycles. The minimum Gasteiger partial charge on any atom is -0.365 e. The van der Waals surface area contributed by atoms with Crippen LogP contribution in [0.2, 0.25) is 0 Å². The van der Waals surface area contributed by atoms with Crippen molar-refractivity contribution in [2.45, 2.75) is 40.2 Å². The van der Waals surface area contributed by atoms with Gasteiger partial charge in [0.2, 0.25) is 0 Å². The molecule has 2 amide bonds. The van der Waals surface area contributed by atoms with Crippen LogP contribution in [0.5, 0.6) is 0 Å². The number of rotatable bonds is 5. The van der Waals surface area contributed by atoms with Gasteiger partial charge < -0.3 is 16.0 Å². The number of amides is 2. The molecular formula is C20H26N3O2S+. The summed E-state index contributed by atoms with van der Waals surface area (Å²) in [6.07, 6.45) is 1.97. The average molecular weight is 373 g/mol. The zero-order valence-corrected chi connectivity index (χ0v) is 16.4. The Labute approximate surface area is 158 Å². The van der Waals surface area contributed by atoms with Gasteiger partial charge in [0, 0.05) is 12.0 Å². The maximum atomic E-state index is 12.7. The lowest BCUT2D eigenvalue weighted by Gasteiger charge is -2.23. The van der Waals surface area contributed by atoms with Crippen molar-refractivity contribution in [1.29, 1.82) is 0 Å². The van der Waals surface area contributed by atoms with Crippen LogP contribution in [0.15, 0.2) is 18.2 Å². The predicted molar refractivity (Wildman–Crippen MR) is 105 cm³/mol. The molecule has 1 aromatic heterocycles. The van der Waals surface area contributed by atoms with Crippen LogP contribution in [0, 0.1) is 13.8 Å². The van der Waals surface area contributed by atoms with Crippen LogP contribution in [0.1, 0.15) is 55.6 Å². The Balaban J connectivity index is 1.90. The molecule has 1 aromatic carbocycles. The number of carbonyl (C=O) groups is 2. The highest BCUT2D eigenvalue weighted by atomic mass is 32.1. The number of thiophene rings is 1. The summed E-state index contributed by atoms with van der Waals surface area (Å²) in [6, 6.07) is 5.72. The Morgan fingerprint density at radius 3 is 2.73 bits per heavy atom. The third kappa shape index (κ3) is 3.66. The Morgan fingerprint density at radius 2 is 2.08 bits per heavy atom. The molecule has 0 bridgehead atoms. The molecule has 0 fully saturated rings. The Kier molecular flexibility index (Phi) is 5.44. The van der Waals surface area contributed by atoms with Gasteiger partial charge in [-0.05, 0) is 37.5 Å². The lowest BCUT2D eigenvalue weighted by Crippen LogP contribution is -3.11. The number of aryl methyl sites for hydroxylation is 2. The fraction of sp³-hybridized carbons (Fsp3) is 0.400. The SMILES string of the molecule is CCC[NH+]1CCc2c(sc(NC(=O)c3ccc(C)cc3C)c2C(N)=O)C1. The molecule has 6 heteroatoms. The first kappa shape index (κ1) is 18.6. The molecule has 1 aliphatic rings. The van der Waals surface area contributed by atoms with Gasteiger partial charge in [-0.1, -0.05) is 24.6 Å². The Morgan fingerprint density at radius 1 is 1.31 bits per heavy atom. The summed E-state index contributed by atoms with van der Waals surface area (Å²) in [4.78, 5) is 27.5. The average Bonchev–Trinajstić information content (AvgIpc) is 2.92. The largest absolute Gasteiger partial charge is 0.365 e. The summed E-state index contributed by atoms with van der Waals surface area (Å²) in [7, 11) is 0. The number of fused-ring (bicyclic) bond motifs is 1. The molecule has 138 valence electrons. The van der Waals surface area contributed by atoms with Crippen LogP contribution in [0.3, 0.4) is 0 Å². The fourth-order valence-electron chi connectivity index (χ4n) is 3.69. The van der Waals surface area contributed by atoms with Crippen LogP contribution in [0.25, 0.3) is 0 Å². The van der Waals surface area contributed by atoms with E-state index in [2.05, 4.69) is 12.2 Å². The van der Waals surface area contributed by atoms with Crippen LogP contribution >= 0.6 is 11.3 Å². The number of anilines is 1. The number of nitrogens with two attached hydrogens (primary N) is 1. The van der Waals surface area contributed by atoms with Gasteiger partial charge in [-0.25, -0.2) is 0 Å². The highest BCUT2D eigenvalue weighted by Crippen LogP contribution is 2.34. The van der Waals surface area contributed by atoms with Crippen molar-refractivity contribution >= 4 is 28.2 Å². The minimum absolute atomic E-state index is 0.193. The maximum absolute atomic E-state index is 12.7. The van der Waals surface area contributed by atoms with Gasteiger partial charge in [0.15, 0.2) is 0 Å². The zero-order valence-electron chi connectivity index (χ0n) is 15.6. The molecule has 0 aliphatic carbocycles. The number of benzene rings is 1. The second kappa shape index (κ2) is 7.60. The summed E-state index contributed by atoms with van der Waals surface area (Å²) in [5.41, 5.74) is 9.83. The van der Waals surface area contributed by atoms with E-state index in [1.807, 2.05) is 32.0 Å². The molecule has 0 saturated heterocycles. The Bertz CT molecular complexity index is 857. The molecule has 26 heavy (non-hydrogen) atoms. The highest BCUT2D eigenvalue weighted by Gasteiger charge is 2.29. The van der Waals surface area contributed by atoms with E-state index in [9.17, 15) is 9.59 Å². The zero-order chi connectivity index (χ0) is 18.8. The molecule has 3 rings (SSSR count). The molecule has 4 N–H and O–H groups in total. The predicted octanol–water partition coefficient (Wildman–Crippen LogP) is 2.07. The lowest BCUT2D eigenvalue weighted by atomic mass is 10.0. The maximum Gasteiger partial charge on any atom is 0.256 e. The lowest BCUT2D eigenvalue weighted by molar-refractivity contribution is -0.915. The number of hydrogen-bond donors (Lipinski definition) is 3. The van der Waals surface area contributed by atoms with E-state index in [-0.39, 0.29) is 5.91 Å². The molecular weight excluding hydrogens is 346 g/mol. The summed E-state index contributed by atoms with van der Waals surface area (Å²) >= 11 is 1.50. The van der Waals surface area contributed by atoms with Gasteiger partial charge in [0.05, 0.1) is 23.5 Å². The van der Waals surface area contributed by atoms with Gasteiger partial charge >= 0.3 is 0 Å². The summed E-state index contributed by atoms with van der Waals surface area (Å²) in [5.74, 6) is -0.654. The van der Waals surface area contributed by atoms with E-state index in [0.717, 1.165) is 49.2 Å². The highest BCUT2D eigenvalue weighted by molar-refractivity contribution is 7.17. The van der Waals surface area contributed by atoms with E-state index < -0.39 is 5.91 Å². The van der Waals surface area contributed by atoms with Crippen LogP contribution < -0.4 is 16.0 Å². The molecule has 1 unspecified atom stereocenters. The van der Waals surface area contributed by atoms with Crippen molar-refractivity contribution in [3.63, 3.8) is 0 Å². The van der Waals surface area contributed by atoms with Gasteiger partial charge in [0.1, 0.15) is 11.5 Å². The molecule has 0 radical (unpaired) electrons. The van der Waals surface area contributed by atoms with E-state index in [1.54, 1.807) is 0 Å². The monoisotopic (exact) mass is 372 g/mol. The third-order valence-corrected chi connectivity index (χ3v) is 6.08. The summed E-state index contributed by atoms with van der Waals surface area (Å²) in [5, 5.41) is 3.53. The van der Waals surface area contributed by atoms with Crippen molar-refractivity contribution in [3.05, 3.63) is 50.9 Å². The van der Waals surface area contributed by atoms with Crippen LogP contribution in [-0.2, 0) is 13.0 Å². The summed E-state index contributed by atoms with van der Waals surface area (Å²) in [6.45, 7) is 9.12. The topological polar surface area (TPSA) is 76.6 Å². The van der Waals surface area contributed by atoms with Crippen LogP contribution in [0.4, 0.5) is 5.00 Å². The molecule has 0 saturated carbocycles. The number of nitrogens with one attached hydrogen (secondary N) is 2. The number of hydrogen-bond acceptors (Lipinski definition) is 3. The van der Waals surface area contributed by atoms with Gasteiger partial charge in [-0.2, -0.15) is 0 Å². The first-order chi connectivity index (χ1) is 12.4. The van der Waals surface area contributed by atoms with Crippen molar-refractivity contribution < 1.29 is 14.5 Å². The van der Waals surface area contributed by atoms with Gasteiger partial charge in [-0.3, -0.25) is 9.59 Å². The normalized spacial score (nSPS) is 16.2. The fourth-order valence-corrected chi connectivity index (χ4v) is 5.01. The second-order valence-corrected chi connectivity index (χ2v) is 8.13. The van der Waals surface area contributed by atoms with Gasteiger partial charge in [0.25, 0.3) is 11.8 Å². The standard InChI is InChI=1S/C20H25N3O2S/c1-4-8-23-9-7-15-16(11-23)26-20(17(15)18(21)24)22-19(25)14-6-5-12(2)10-13(14)3/h5-6,10H,4,7-9,11H2,1-3H3,(H2,21,24)(H,22,25)/p+1. The Hall–Kier alpha value is -2.18. The van der Waals surface area contributed by atoms with E-state index >= 15 is 0 Å².